The SMILES string of the molecule is O=C(Nc1nc2c(s1)CN(Cc1ccccc1)CC2)c1cc2c(cc1[N+](=O)[O-])OCCO2. The molecule has 0 radical (unpaired) electrons. The summed E-state index contributed by atoms with van der Waals surface area (Å²) in [6.45, 7) is 3.12. The van der Waals surface area contributed by atoms with Crippen molar-refractivity contribution in [3.05, 3.63) is 74.3 Å². The Hall–Kier alpha value is -3.50. The lowest BCUT2D eigenvalue weighted by Gasteiger charge is -2.25. The Balaban J connectivity index is 1.33. The molecule has 0 saturated heterocycles. The summed E-state index contributed by atoms with van der Waals surface area (Å²) >= 11 is 1.41. The molecule has 2 aliphatic rings. The highest BCUT2D eigenvalue weighted by Crippen LogP contribution is 2.37. The number of nitro benzene ring substituents is 1. The number of hydrogen-bond donors (Lipinski definition) is 1. The van der Waals surface area contributed by atoms with Crippen molar-refractivity contribution in [1.82, 2.24) is 9.88 Å². The number of ether oxygens (including phenoxy) is 2. The van der Waals surface area contributed by atoms with E-state index in [-0.39, 0.29) is 17.0 Å². The number of nitro groups is 1. The van der Waals surface area contributed by atoms with Crippen LogP contribution in [0.1, 0.15) is 26.5 Å². The molecule has 2 aliphatic heterocycles. The molecule has 0 fully saturated rings. The van der Waals surface area contributed by atoms with E-state index >= 15 is 0 Å². The number of rotatable bonds is 5. The number of amides is 1. The minimum atomic E-state index is -0.596. The van der Waals surface area contributed by atoms with Gasteiger partial charge in [-0.2, -0.15) is 0 Å². The number of fused-ring (bicyclic) bond motifs is 2. The van der Waals surface area contributed by atoms with Crippen molar-refractivity contribution in [2.75, 3.05) is 25.1 Å². The molecule has 0 bridgehead atoms. The van der Waals surface area contributed by atoms with Gasteiger partial charge in [0.15, 0.2) is 16.6 Å². The number of carbonyl (C=O) groups is 1. The number of aromatic nitrogens is 1. The van der Waals surface area contributed by atoms with Crippen LogP contribution in [0.4, 0.5) is 10.8 Å². The van der Waals surface area contributed by atoms with Crippen molar-refractivity contribution in [3.8, 4) is 11.5 Å². The summed E-state index contributed by atoms with van der Waals surface area (Å²) in [5.74, 6) is -0.00869. The van der Waals surface area contributed by atoms with Crippen LogP contribution in [-0.2, 0) is 19.5 Å². The Labute approximate surface area is 187 Å². The molecule has 9 nitrogen and oxygen atoms in total. The Morgan fingerprint density at radius 1 is 1.19 bits per heavy atom. The Bertz CT molecular complexity index is 1180. The normalized spacial score (nSPS) is 15.1. The highest BCUT2D eigenvalue weighted by atomic mass is 32.1. The first kappa shape index (κ1) is 20.4. The Morgan fingerprint density at radius 2 is 1.94 bits per heavy atom. The van der Waals surface area contributed by atoms with Gasteiger partial charge in [-0.05, 0) is 5.56 Å². The third-order valence-electron chi connectivity index (χ3n) is 5.38. The zero-order valence-corrected chi connectivity index (χ0v) is 17.9. The molecule has 164 valence electrons. The maximum Gasteiger partial charge on any atom is 0.286 e. The second kappa shape index (κ2) is 8.56. The maximum absolute atomic E-state index is 12.9. The summed E-state index contributed by atoms with van der Waals surface area (Å²) in [6, 6.07) is 12.9. The van der Waals surface area contributed by atoms with E-state index in [9.17, 15) is 14.9 Å². The molecular weight excluding hydrogens is 432 g/mol. The number of anilines is 1. The summed E-state index contributed by atoms with van der Waals surface area (Å²) in [6.07, 6.45) is 0.790. The van der Waals surface area contributed by atoms with Gasteiger partial charge in [-0.15, -0.1) is 11.3 Å². The Kier molecular flexibility index (Phi) is 5.46. The number of thiazole rings is 1. The number of nitrogens with one attached hydrogen (secondary N) is 1. The number of nitrogens with zero attached hydrogens (tertiary/aromatic N) is 3. The summed E-state index contributed by atoms with van der Waals surface area (Å²) in [4.78, 5) is 31.8. The van der Waals surface area contributed by atoms with Gasteiger partial charge in [0.05, 0.1) is 16.7 Å². The third kappa shape index (κ3) is 4.14. The first-order chi connectivity index (χ1) is 15.6. The maximum atomic E-state index is 12.9. The number of carbonyl (C=O) groups excluding carboxylic acids is 1. The van der Waals surface area contributed by atoms with Gasteiger partial charge in [-0.25, -0.2) is 4.98 Å². The minimum Gasteiger partial charge on any atom is -0.486 e. The molecule has 3 aromatic rings. The van der Waals surface area contributed by atoms with Crippen LogP contribution in [0.15, 0.2) is 42.5 Å². The zero-order chi connectivity index (χ0) is 22.1. The van der Waals surface area contributed by atoms with E-state index in [0.717, 1.165) is 36.6 Å². The van der Waals surface area contributed by atoms with Crippen LogP contribution in [0.25, 0.3) is 0 Å². The fraction of sp³-hybridized carbons (Fsp3) is 0.273. The van der Waals surface area contributed by atoms with E-state index in [0.29, 0.717) is 24.1 Å². The predicted octanol–water partition coefficient (Wildman–Crippen LogP) is 3.63. The Morgan fingerprint density at radius 3 is 2.69 bits per heavy atom. The number of benzene rings is 2. The van der Waals surface area contributed by atoms with Crippen LogP contribution >= 0.6 is 11.3 Å². The quantitative estimate of drug-likeness (QED) is 0.465. The van der Waals surface area contributed by atoms with E-state index in [2.05, 4.69) is 27.3 Å². The monoisotopic (exact) mass is 452 g/mol. The topological polar surface area (TPSA) is 107 Å². The molecular formula is C22H20N4O5S. The standard InChI is InChI=1S/C22H20N4O5S/c27-21(15-10-18-19(31-9-8-30-18)11-17(15)26(28)29)24-22-23-16-6-7-25(13-20(16)32-22)12-14-4-2-1-3-5-14/h1-5,10-11H,6-9,12-13H2,(H,23,24,27). The molecule has 10 heteroatoms. The van der Waals surface area contributed by atoms with Crippen molar-refractivity contribution in [3.63, 3.8) is 0 Å². The van der Waals surface area contributed by atoms with Crippen LogP contribution < -0.4 is 14.8 Å². The van der Waals surface area contributed by atoms with E-state index < -0.39 is 10.8 Å². The van der Waals surface area contributed by atoms with Gasteiger partial charge in [0.2, 0.25) is 0 Å². The highest BCUT2D eigenvalue weighted by molar-refractivity contribution is 7.15. The van der Waals surface area contributed by atoms with Gasteiger partial charge < -0.3 is 9.47 Å². The largest absolute Gasteiger partial charge is 0.486 e. The van der Waals surface area contributed by atoms with Gasteiger partial charge in [0, 0.05) is 37.0 Å². The van der Waals surface area contributed by atoms with Crippen LogP contribution in [0.3, 0.4) is 0 Å². The van der Waals surface area contributed by atoms with E-state index in [1.807, 2.05) is 18.2 Å². The van der Waals surface area contributed by atoms with Crippen LogP contribution in [0.5, 0.6) is 11.5 Å². The summed E-state index contributed by atoms with van der Waals surface area (Å²) in [7, 11) is 0. The summed E-state index contributed by atoms with van der Waals surface area (Å²) < 4.78 is 10.9. The fourth-order valence-electron chi connectivity index (χ4n) is 3.85. The predicted molar refractivity (Wildman–Crippen MR) is 118 cm³/mol. The molecule has 0 spiro atoms. The average molecular weight is 452 g/mol. The van der Waals surface area contributed by atoms with Gasteiger partial charge >= 0.3 is 0 Å². The van der Waals surface area contributed by atoms with Crippen molar-refractivity contribution in [2.24, 2.45) is 0 Å². The van der Waals surface area contributed by atoms with Crippen LogP contribution in [0.2, 0.25) is 0 Å². The molecule has 2 aromatic carbocycles. The molecule has 0 unspecified atom stereocenters. The molecule has 3 heterocycles. The van der Waals surface area contributed by atoms with Gasteiger partial charge in [-0.1, -0.05) is 30.3 Å². The van der Waals surface area contributed by atoms with Gasteiger partial charge in [-0.3, -0.25) is 25.1 Å². The minimum absolute atomic E-state index is 0.0851. The first-order valence-corrected chi connectivity index (χ1v) is 11.0. The summed E-state index contributed by atoms with van der Waals surface area (Å²) in [5, 5.41) is 14.7. The average Bonchev–Trinajstić information content (AvgIpc) is 3.20. The fourth-order valence-corrected chi connectivity index (χ4v) is 4.90. The first-order valence-electron chi connectivity index (χ1n) is 10.2. The molecule has 1 aromatic heterocycles. The smallest absolute Gasteiger partial charge is 0.286 e. The second-order valence-corrected chi connectivity index (χ2v) is 8.64. The lowest BCUT2D eigenvalue weighted by molar-refractivity contribution is -0.385. The molecule has 1 N–H and O–H groups in total. The second-order valence-electron chi connectivity index (χ2n) is 7.56. The molecule has 5 rings (SSSR count). The molecule has 0 saturated carbocycles. The molecule has 0 aliphatic carbocycles. The third-order valence-corrected chi connectivity index (χ3v) is 6.38. The van der Waals surface area contributed by atoms with Crippen molar-refractivity contribution in [1.29, 1.82) is 0 Å². The van der Waals surface area contributed by atoms with Gasteiger partial charge in [0.1, 0.15) is 18.8 Å². The van der Waals surface area contributed by atoms with E-state index in [1.165, 1.54) is 29.0 Å². The highest BCUT2D eigenvalue weighted by Gasteiger charge is 2.28. The van der Waals surface area contributed by atoms with Gasteiger partial charge in [0.25, 0.3) is 11.6 Å². The van der Waals surface area contributed by atoms with Crippen LogP contribution in [-0.4, -0.2) is 40.5 Å². The van der Waals surface area contributed by atoms with Crippen LogP contribution in [0, 0.1) is 10.1 Å². The lowest BCUT2D eigenvalue weighted by atomic mass is 10.1. The summed E-state index contributed by atoms with van der Waals surface area (Å²) in [5.41, 5.74) is 1.80. The lowest BCUT2D eigenvalue weighted by Crippen LogP contribution is -2.29. The van der Waals surface area contributed by atoms with Crippen molar-refractivity contribution < 1.29 is 19.2 Å². The zero-order valence-electron chi connectivity index (χ0n) is 17.1. The van der Waals surface area contributed by atoms with E-state index in [4.69, 9.17) is 9.47 Å². The molecule has 1 amide bonds. The van der Waals surface area contributed by atoms with Crippen molar-refractivity contribution >= 4 is 28.1 Å². The molecule has 0 atom stereocenters. The van der Waals surface area contributed by atoms with Crippen molar-refractivity contribution in [2.45, 2.75) is 19.5 Å². The molecule has 32 heavy (non-hydrogen) atoms. The number of hydrogen-bond acceptors (Lipinski definition) is 8. The van der Waals surface area contributed by atoms with E-state index in [1.54, 1.807) is 0 Å².